The van der Waals surface area contributed by atoms with Gasteiger partial charge >= 0.3 is 37.7 Å². The maximum Gasteiger partial charge on any atom is 1.00 e. The van der Waals surface area contributed by atoms with E-state index in [-0.39, 0.29) is 50.7 Å². The molecule has 0 aromatic heterocycles. The van der Waals surface area contributed by atoms with E-state index in [2.05, 4.69) is 166 Å². The molecule has 0 N–H and O–H groups in total. The van der Waals surface area contributed by atoms with Crippen molar-refractivity contribution in [2.24, 2.45) is 0 Å². The van der Waals surface area contributed by atoms with Crippen molar-refractivity contribution in [2.45, 2.75) is 30.0 Å². The summed E-state index contributed by atoms with van der Waals surface area (Å²) in [5, 5.41) is -0.443. The Labute approximate surface area is 279 Å². The summed E-state index contributed by atoms with van der Waals surface area (Å²) >= 11 is 0. The van der Waals surface area contributed by atoms with Crippen LogP contribution in [-0.4, -0.2) is 8.80 Å². The van der Waals surface area contributed by atoms with Gasteiger partial charge in [-0.2, -0.15) is 0 Å². The maximum atomic E-state index is 2.47. The smallest absolute Gasteiger partial charge is 1.00 e. The van der Waals surface area contributed by atoms with Crippen LogP contribution in [0.3, 0.4) is 0 Å². The van der Waals surface area contributed by atoms with Gasteiger partial charge in [0.15, 0.2) is 0 Å². The summed E-state index contributed by atoms with van der Waals surface area (Å²) in [7, 11) is -1.43. The first-order chi connectivity index (χ1) is 19.7. The van der Waals surface area contributed by atoms with Crippen molar-refractivity contribution in [1.29, 1.82) is 0 Å². The molecule has 0 amide bonds. The Morgan fingerprint density at radius 1 is 0.476 bits per heavy atom. The van der Waals surface area contributed by atoms with Gasteiger partial charge in [0, 0.05) is 10.1 Å². The molecule has 197 valence electrons. The average molecular weight is 546 g/mol. The second-order valence-corrected chi connectivity index (χ2v) is 14.0. The molecule has 42 heavy (non-hydrogen) atoms. The predicted molar refractivity (Wildman–Crippen MR) is 173 cm³/mol. The van der Waals surface area contributed by atoms with Gasteiger partial charge in [-0.05, 0) is 53.3 Å². The summed E-state index contributed by atoms with van der Waals surface area (Å²) in [6, 6.07) is 53.3. The third-order valence-corrected chi connectivity index (χ3v) is 13.7. The average Bonchev–Trinajstić information content (AvgIpc) is 3.48. The Balaban J connectivity index is 0.00000132. The zero-order valence-corrected chi connectivity index (χ0v) is 26.1. The number of benzene rings is 5. The number of fused-ring (bicyclic) bond motifs is 2. The third-order valence-electron chi connectivity index (χ3n) is 9.20. The van der Waals surface area contributed by atoms with Crippen molar-refractivity contribution in [1.82, 2.24) is 0 Å². The van der Waals surface area contributed by atoms with Gasteiger partial charge in [-0.3, -0.25) is 0 Å². The van der Waals surface area contributed by atoms with Crippen molar-refractivity contribution in [3.63, 3.8) is 0 Å². The molecule has 3 heteroatoms. The Morgan fingerprint density at radius 3 is 1.26 bits per heavy atom. The van der Waals surface area contributed by atoms with Crippen LogP contribution in [0.4, 0.5) is 0 Å². The van der Waals surface area contributed by atoms with E-state index in [1.165, 1.54) is 50.1 Å². The molecular weight excluding hydrogens is 510 g/mol. The second-order valence-electron chi connectivity index (χ2n) is 11.2. The van der Waals surface area contributed by atoms with Crippen LogP contribution in [0.5, 0.6) is 0 Å². The Kier molecular flexibility index (Phi) is 8.92. The summed E-state index contributed by atoms with van der Waals surface area (Å²) in [5.74, 6) is 0. The fourth-order valence-electron chi connectivity index (χ4n) is 7.68. The van der Waals surface area contributed by atoms with Crippen LogP contribution in [-0.2, 0) is 16.1 Å². The van der Waals surface area contributed by atoms with Crippen LogP contribution >= 0.6 is 0 Å². The van der Waals surface area contributed by atoms with E-state index in [0.29, 0.717) is 0 Å². The Hall–Kier alpha value is -3.01. The molecule has 5 aromatic carbocycles. The van der Waals surface area contributed by atoms with Gasteiger partial charge in [0.25, 0.3) is 0 Å². The van der Waals surface area contributed by atoms with E-state index in [0.717, 1.165) is 6.04 Å². The number of rotatable bonds is 6. The SMILES string of the molecule is CC1=Cc2ccccc2C1(c1ccccc1)[Si](Cc1ccccc1)C1(c2ccccc2)C(C)=Cc2ccccc21.[H-].[H-].[Li+].[Li+]. The molecule has 2 aliphatic carbocycles. The molecule has 0 heterocycles. The van der Waals surface area contributed by atoms with Gasteiger partial charge in [-0.25, -0.2) is 0 Å². The fraction of sp³-hybridized carbons (Fsp3) is 0.128. The van der Waals surface area contributed by atoms with Crippen molar-refractivity contribution in [2.75, 3.05) is 0 Å². The van der Waals surface area contributed by atoms with E-state index < -0.39 is 8.80 Å². The van der Waals surface area contributed by atoms with Crippen LogP contribution in [0.15, 0.2) is 151 Å². The first kappa shape index (κ1) is 30.4. The third kappa shape index (κ3) is 4.52. The quantitative estimate of drug-likeness (QED) is 0.287. The topological polar surface area (TPSA) is 0 Å². The van der Waals surface area contributed by atoms with Crippen molar-refractivity contribution in [3.8, 4) is 0 Å². The molecule has 0 bridgehead atoms. The van der Waals surface area contributed by atoms with Crippen LogP contribution in [0, 0.1) is 0 Å². The Bertz CT molecular complexity index is 1640. The van der Waals surface area contributed by atoms with Gasteiger partial charge in [0.1, 0.15) is 0 Å². The molecule has 5 aromatic rings. The zero-order valence-electron chi connectivity index (χ0n) is 27.1. The Morgan fingerprint density at radius 2 is 0.833 bits per heavy atom. The van der Waals surface area contributed by atoms with Gasteiger partial charge in [-0.1, -0.05) is 168 Å². The van der Waals surface area contributed by atoms with Gasteiger partial charge in [-0.15, -0.1) is 0 Å². The van der Waals surface area contributed by atoms with E-state index in [4.69, 9.17) is 0 Å². The molecule has 7 rings (SSSR count). The van der Waals surface area contributed by atoms with Gasteiger partial charge in [0.05, 0.1) is 8.80 Å². The molecular formula is C39H35Li2Si. The standard InChI is InChI=1S/C39H33Si.2Li.2H/c1-29-26-32-18-12-14-24-36(32)38(29,34-20-8-4-9-21-34)40(28-31-16-6-3-7-17-31)39(35-22-10-5-11-23-35)30(2)27-33-19-13-15-25-37(33)39;;;;/h3-27H,28H2,1-2H3;;;;/q;2*+1;2*-1. The van der Waals surface area contributed by atoms with Crippen LogP contribution < -0.4 is 37.7 Å². The number of hydrogen-bond acceptors (Lipinski definition) is 0. The molecule has 0 saturated carbocycles. The number of hydrogen-bond donors (Lipinski definition) is 0. The molecule has 2 atom stereocenters. The van der Waals surface area contributed by atoms with Gasteiger partial charge < -0.3 is 2.85 Å². The van der Waals surface area contributed by atoms with E-state index in [1.807, 2.05) is 0 Å². The minimum absolute atomic E-state index is 0. The molecule has 0 aliphatic heterocycles. The van der Waals surface area contributed by atoms with Crippen LogP contribution in [0.2, 0.25) is 0 Å². The van der Waals surface area contributed by atoms with Crippen molar-refractivity contribution in [3.05, 3.63) is 190 Å². The summed E-state index contributed by atoms with van der Waals surface area (Å²) in [5.41, 5.74) is 12.8. The fourth-order valence-corrected chi connectivity index (χ4v) is 12.6. The maximum absolute atomic E-state index is 2.47. The minimum atomic E-state index is -1.43. The van der Waals surface area contributed by atoms with Gasteiger partial charge in [0.2, 0.25) is 0 Å². The molecule has 0 fully saturated rings. The minimum Gasteiger partial charge on any atom is -1.00 e. The molecule has 0 saturated heterocycles. The largest absolute Gasteiger partial charge is 1.00 e. The molecule has 0 spiro atoms. The molecule has 2 aliphatic rings. The second kappa shape index (κ2) is 12.3. The van der Waals surface area contributed by atoms with Crippen molar-refractivity contribution >= 4 is 20.9 Å². The van der Waals surface area contributed by atoms with E-state index in [1.54, 1.807) is 0 Å². The van der Waals surface area contributed by atoms with E-state index in [9.17, 15) is 0 Å². The molecule has 2 unspecified atom stereocenters. The van der Waals surface area contributed by atoms with Crippen LogP contribution in [0.25, 0.3) is 12.2 Å². The zero-order chi connectivity index (χ0) is 27.2. The monoisotopic (exact) mass is 545 g/mol. The normalized spacial score (nSPS) is 20.1. The molecule has 1 radical (unpaired) electrons. The number of allylic oxidation sites excluding steroid dienone is 2. The summed E-state index contributed by atoms with van der Waals surface area (Å²) in [6.07, 6.45) is 4.94. The summed E-state index contributed by atoms with van der Waals surface area (Å²) < 4.78 is 0. The first-order valence-electron chi connectivity index (χ1n) is 14.2. The predicted octanol–water partition coefficient (Wildman–Crippen LogP) is 3.38. The first-order valence-corrected chi connectivity index (χ1v) is 16.0. The summed E-state index contributed by atoms with van der Waals surface area (Å²) in [6.45, 7) is 4.78. The van der Waals surface area contributed by atoms with E-state index >= 15 is 0 Å². The van der Waals surface area contributed by atoms with Crippen molar-refractivity contribution < 1.29 is 40.6 Å². The summed E-state index contributed by atoms with van der Waals surface area (Å²) in [4.78, 5) is 0. The van der Waals surface area contributed by atoms with Crippen LogP contribution in [0.1, 0.15) is 55.6 Å². The molecule has 0 nitrogen and oxygen atoms in total.